The minimum atomic E-state index is -4.39. The van der Waals surface area contributed by atoms with Gasteiger partial charge in [-0.1, -0.05) is 0 Å². The van der Waals surface area contributed by atoms with Crippen LogP contribution in [0.25, 0.3) is 0 Å². The Morgan fingerprint density at radius 2 is 0.815 bits per heavy atom. The highest BCUT2D eigenvalue weighted by atomic mass is 32.1. The Morgan fingerprint density at radius 1 is 0.489 bits per heavy atom. The number of aliphatic hydroxyl groups excluding tert-OH is 6. The standard InChI is InChI=1S/C55H86N6O27P2S2/c62-43(11-16-61-44(63)9-10-45(61)64)60(17-21-79-25-29-83-33-31-81-27-23-77-19-14-56-54(91)58-37-1-5-39(6-2-37)85-52-50(69)48(67)46(65)41(87-52)12-35-89(71,72)73)18-22-80-26-30-84-34-32-82-28-24-78-20-15-57-55(92)59-38-3-7-40(8-4-38)86-53-51(70)49(68)47(66)42(88-53)13-36-90(74,75)76/h1-10,41-42,46-53,65-70H,11-36H2,(H2,56,58,91)(H2,57,59,92)(H2,71,72,73)(H2,74,75,76). The van der Waals surface area contributed by atoms with Crippen LogP contribution in [0.3, 0.4) is 0 Å². The second kappa shape index (κ2) is 42.1. The monoisotopic (exact) mass is 1390 g/mol. The highest BCUT2D eigenvalue weighted by Gasteiger charge is 2.46. The van der Waals surface area contributed by atoms with E-state index in [0.29, 0.717) is 101 Å². The van der Waals surface area contributed by atoms with Crippen molar-refractivity contribution in [2.45, 2.75) is 80.7 Å². The van der Waals surface area contributed by atoms with Gasteiger partial charge in [0.1, 0.15) is 48.1 Å². The van der Waals surface area contributed by atoms with E-state index in [1.54, 1.807) is 53.4 Å². The van der Waals surface area contributed by atoms with Crippen molar-refractivity contribution in [1.29, 1.82) is 0 Å². The van der Waals surface area contributed by atoms with Crippen LogP contribution >= 0.6 is 39.6 Å². The zero-order valence-corrected chi connectivity index (χ0v) is 53.9. The molecule has 37 heteroatoms. The van der Waals surface area contributed by atoms with Gasteiger partial charge in [0.15, 0.2) is 10.2 Å². The molecule has 92 heavy (non-hydrogen) atoms. The van der Waals surface area contributed by atoms with Crippen LogP contribution in [0.2, 0.25) is 0 Å². The molecule has 33 nitrogen and oxygen atoms in total. The number of nitrogens with zero attached hydrogens (tertiary/aromatic N) is 2. The summed E-state index contributed by atoms with van der Waals surface area (Å²) in [5.74, 6) is -0.742. The zero-order chi connectivity index (χ0) is 66.9. The van der Waals surface area contributed by atoms with Crippen LogP contribution in [0.4, 0.5) is 11.4 Å². The van der Waals surface area contributed by atoms with E-state index >= 15 is 0 Å². The largest absolute Gasteiger partial charge is 0.462 e. The molecular formula is C55H86N6O27P2S2. The van der Waals surface area contributed by atoms with Gasteiger partial charge >= 0.3 is 15.2 Å². The number of thiocarbonyl (C=S) groups is 2. The summed E-state index contributed by atoms with van der Waals surface area (Å²) in [5, 5.41) is 74.3. The van der Waals surface area contributed by atoms with Crippen LogP contribution in [0.5, 0.6) is 11.5 Å². The fourth-order valence-corrected chi connectivity index (χ4v) is 10.3. The van der Waals surface area contributed by atoms with Gasteiger partial charge in [-0.05, 0) is 85.8 Å². The van der Waals surface area contributed by atoms with Crippen LogP contribution in [0, 0.1) is 0 Å². The second-order valence-corrected chi connectivity index (χ2v) is 25.0. The lowest BCUT2D eigenvalue weighted by atomic mass is 9.97. The number of benzene rings is 2. The first-order valence-electron chi connectivity index (χ1n) is 29.5. The maximum Gasteiger partial charge on any atom is 0.325 e. The summed E-state index contributed by atoms with van der Waals surface area (Å²) in [6.07, 6.45) is -14.4. The molecule has 520 valence electrons. The predicted octanol–water partition coefficient (Wildman–Crippen LogP) is -2.26. The molecule has 3 amide bonds. The van der Waals surface area contributed by atoms with Gasteiger partial charge in [0.2, 0.25) is 18.5 Å². The first-order valence-corrected chi connectivity index (χ1v) is 33.9. The molecule has 0 radical (unpaired) electrons. The van der Waals surface area contributed by atoms with Gasteiger partial charge in [-0.25, -0.2) is 0 Å². The first kappa shape index (κ1) is 78.1. The second-order valence-electron chi connectivity index (χ2n) is 20.6. The molecule has 0 bridgehead atoms. The van der Waals surface area contributed by atoms with E-state index in [0.717, 1.165) is 17.1 Å². The van der Waals surface area contributed by atoms with Gasteiger partial charge in [0.25, 0.3) is 11.8 Å². The number of carbonyl (C=O) groups excluding carboxylic acids is 3. The minimum absolute atomic E-state index is 0.0600. The molecule has 3 aliphatic heterocycles. The first-order chi connectivity index (χ1) is 44.0. The third-order valence-corrected chi connectivity index (χ3v) is 15.8. The van der Waals surface area contributed by atoms with Crippen molar-refractivity contribution in [3.8, 4) is 11.5 Å². The molecule has 2 saturated heterocycles. The normalized spacial score (nSPS) is 22.5. The fourth-order valence-electron chi connectivity index (χ4n) is 8.67. The molecular weight excluding hydrogens is 1300 g/mol. The van der Waals surface area contributed by atoms with E-state index < -0.39 is 101 Å². The number of aliphatic hydroxyl groups is 6. The zero-order valence-electron chi connectivity index (χ0n) is 50.4. The van der Waals surface area contributed by atoms with Crippen molar-refractivity contribution in [2.24, 2.45) is 0 Å². The summed E-state index contributed by atoms with van der Waals surface area (Å²) in [5.41, 5.74) is 1.20. The molecule has 10 unspecified atom stereocenters. The molecule has 2 aromatic carbocycles. The maximum atomic E-state index is 13.2. The number of hydrogen-bond acceptors (Lipinski definition) is 25. The van der Waals surface area contributed by atoms with Crippen molar-refractivity contribution in [3.63, 3.8) is 0 Å². The third-order valence-electron chi connectivity index (χ3n) is 13.6. The van der Waals surface area contributed by atoms with Crippen molar-refractivity contribution < 1.29 is 131 Å². The summed E-state index contributed by atoms with van der Waals surface area (Å²) >= 11 is 10.7. The Balaban J connectivity index is 0.819. The van der Waals surface area contributed by atoms with E-state index in [1.807, 2.05) is 0 Å². The van der Waals surface area contributed by atoms with E-state index in [1.165, 1.54) is 0 Å². The minimum Gasteiger partial charge on any atom is -0.462 e. The lowest BCUT2D eigenvalue weighted by Gasteiger charge is -2.40. The molecule has 0 aromatic heterocycles. The van der Waals surface area contributed by atoms with Crippen molar-refractivity contribution in [3.05, 3.63) is 60.7 Å². The summed E-state index contributed by atoms with van der Waals surface area (Å²) in [7, 11) is -8.79. The van der Waals surface area contributed by atoms with Gasteiger partial charge in [0.05, 0.1) is 130 Å². The van der Waals surface area contributed by atoms with Crippen LogP contribution in [0.1, 0.15) is 19.3 Å². The Labute approximate surface area is 542 Å². The van der Waals surface area contributed by atoms with Gasteiger partial charge < -0.3 is 133 Å². The van der Waals surface area contributed by atoms with E-state index in [9.17, 15) is 73.7 Å². The third kappa shape index (κ3) is 30.4. The van der Waals surface area contributed by atoms with Crippen LogP contribution in [-0.4, -0.2) is 300 Å². The number of anilines is 2. The topological polar surface area (TPSA) is 453 Å². The van der Waals surface area contributed by atoms with Crippen LogP contribution < -0.4 is 30.7 Å². The van der Waals surface area contributed by atoms with Gasteiger partial charge in [-0.15, -0.1) is 0 Å². The summed E-state index contributed by atoms with van der Waals surface area (Å²) in [6.45, 7) is 5.91. The number of carbonyl (C=O) groups is 3. The molecule has 3 heterocycles. The molecule has 2 fully saturated rings. The Kier molecular flexibility index (Phi) is 35.7. The lowest BCUT2D eigenvalue weighted by molar-refractivity contribution is -0.272. The average Bonchev–Trinajstić information content (AvgIpc) is 1.05. The summed E-state index contributed by atoms with van der Waals surface area (Å²) < 4.78 is 89.8. The quantitative estimate of drug-likeness (QED) is 0.0144. The molecule has 0 spiro atoms. The van der Waals surface area contributed by atoms with E-state index in [4.69, 9.17) is 81.3 Å². The highest BCUT2D eigenvalue weighted by molar-refractivity contribution is 7.80. The van der Waals surface area contributed by atoms with E-state index in [-0.39, 0.29) is 95.9 Å². The molecule has 2 aromatic rings. The summed E-state index contributed by atoms with van der Waals surface area (Å²) in [6, 6.07) is 12.7. The van der Waals surface area contributed by atoms with Gasteiger partial charge in [-0.2, -0.15) is 0 Å². The maximum absolute atomic E-state index is 13.2. The number of nitrogens with one attached hydrogen (secondary N) is 4. The molecule has 5 rings (SSSR count). The number of imide groups is 1. The summed E-state index contributed by atoms with van der Waals surface area (Å²) in [4.78, 5) is 76.5. The van der Waals surface area contributed by atoms with E-state index in [2.05, 4.69) is 21.3 Å². The Morgan fingerprint density at radius 3 is 1.15 bits per heavy atom. The fraction of sp³-hybridized carbons (Fsp3) is 0.655. The molecule has 3 aliphatic rings. The molecule has 0 saturated carbocycles. The lowest BCUT2D eigenvalue weighted by Crippen LogP contribution is -2.59. The van der Waals surface area contributed by atoms with Crippen LogP contribution in [-0.2, 0) is 70.9 Å². The number of rotatable bonds is 45. The number of ether oxygens (including phenoxy) is 12. The van der Waals surface area contributed by atoms with Crippen molar-refractivity contribution in [2.75, 3.05) is 161 Å². The smallest absolute Gasteiger partial charge is 0.325 e. The number of hydrogen-bond donors (Lipinski definition) is 14. The average molecular weight is 1390 g/mol. The van der Waals surface area contributed by atoms with Gasteiger partial charge in [0, 0.05) is 62.7 Å². The van der Waals surface area contributed by atoms with Crippen molar-refractivity contribution >= 4 is 78.9 Å². The highest BCUT2D eigenvalue weighted by Crippen LogP contribution is 2.39. The SMILES string of the molecule is O=C(CCN1C(=O)C=CC1=O)N(CCOCCOCCOCCOCCNC(=S)Nc1ccc(OC2OC(CCP(=O)(O)O)C(O)C(O)C2O)cc1)CCOCCOCCOCCOCCNC(=S)Nc1ccc(OC2OC(CCP(=O)(O)O)C(O)C(O)C2O)cc1. The molecule has 10 atom stereocenters. The molecule has 0 aliphatic carbocycles. The van der Waals surface area contributed by atoms with Crippen molar-refractivity contribution in [1.82, 2.24) is 20.4 Å². The molecule has 14 N–H and O–H groups in total. The number of amides is 3. The predicted molar refractivity (Wildman–Crippen MR) is 333 cm³/mol. The van der Waals surface area contributed by atoms with Gasteiger partial charge in [-0.3, -0.25) is 28.4 Å². The Bertz CT molecular complexity index is 2490. The van der Waals surface area contributed by atoms with Crippen LogP contribution in [0.15, 0.2) is 60.7 Å². The Hall–Kier alpha value is -4.57.